The Hall–Kier alpha value is -3.33. The molecule has 1 aromatic carbocycles. The Morgan fingerprint density at radius 3 is 2.65 bits per heavy atom. The number of aromatic nitrogens is 4. The SMILES string of the molecule is Cc1ccc(-c2noc([C@H](C)Nc3nccc(N4C(C=O)OC[C@@H]4C(C)C)n3)n2)cc1. The summed E-state index contributed by atoms with van der Waals surface area (Å²) >= 11 is 0. The molecule has 1 N–H and O–H groups in total. The van der Waals surface area contributed by atoms with Gasteiger partial charge in [-0.2, -0.15) is 9.97 Å². The van der Waals surface area contributed by atoms with Crippen LogP contribution in [0.25, 0.3) is 11.4 Å². The van der Waals surface area contributed by atoms with Crippen molar-refractivity contribution in [1.82, 2.24) is 20.1 Å². The summed E-state index contributed by atoms with van der Waals surface area (Å²) in [5.41, 5.74) is 2.05. The average Bonchev–Trinajstić information content (AvgIpc) is 3.42. The fraction of sp³-hybridized carbons (Fsp3) is 0.409. The highest BCUT2D eigenvalue weighted by Gasteiger charge is 2.37. The molecule has 0 saturated carbocycles. The minimum absolute atomic E-state index is 0.0587. The van der Waals surface area contributed by atoms with E-state index >= 15 is 0 Å². The molecule has 0 radical (unpaired) electrons. The molecule has 1 saturated heterocycles. The third-order valence-corrected chi connectivity index (χ3v) is 5.33. The van der Waals surface area contributed by atoms with Crippen LogP contribution in [0, 0.1) is 12.8 Å². The highest BCUT2D eigenvalue weighted by molar-refractivity contribution is 5.64. The minimum Gasteiger partial charge on any atom is -0.349 e. The molecule has 0 bridgehead atoms. The van der Waals surface area contributed by atoms with Gasteiger partial charge in [-0.1, -0.05) is 48.8 Å². The largest absolute Gasteiger partial charge is 0.349 e. The van der Waals surface area contributed by atoms with Gasteiger partial charge in [-0.05, 0) is 25.8 Å². The van der Waals surface area contributed by atoms with Crippen molar-refractivity contribution in [3.05, 3.63) is 48.0 Å². The van der Waals surface area contributed by atoms with Crippen LogP contribution in [0.15, 0.2) is 41.1 Å². The van der Waals surface area contributed by atoms with Crippen LogP contribution >= 0.6 is 0 Å². The number of benzene rings is 1. The maximum atomic E-state index is 11.5. The Bertz CT molecular complexity index is 1040. The van der Waals surface area contributed by atoms with Crippen molar-refractivity contribution in [1.29, 1.82) is 0 Å². The van der Waals surface area contributed by atoms with E-state index < -0.39 is 6.23 Å². The van der Waals surface area contributed by atoms with Crippen molar-refractivity contribution in [3.8, 4) is 11.4 Å². The van der Waals surface area contributed by atoms with Crippen molar-refractivity contribution in [3.63, 3.8) is 0 Å². The summed E-state index contributed by atoms with van der Waals surface area (Å²) in [7, 11) is 0. The second kappa shape index (κ2) is 8.81. The number of nitrogens with zero attached hydrogens (tertiary/aromatic N) is 5. The number of hydrogen-bond donors (Lipinski definition) is 1. The lowest BCUT2D eigenvalue weighted by Crippen LogP contribution is -2.41. The smallest absolute Gasteiger partial charge is 0.249 e. The van der Waals surface area contributed by atoms with E-state index in [4.69, 9.17) is 9.26 Å². The predicted molar refractivity (Wildman–Crippen MR) is 115 cm³/mol. The Kier molecular flexibility index (Phi) is 5.94. The van der Waals surface area contributed by atoms with Gasteiger partial charge in [0.15, 0.2) is 12.5 Å². The van der Waals surface area contributed by atoms with Crippen LogP contribution in [-0.2, 0) is 9.53 Å². The normalized spacial score (nSPS) is 19.6. The summed E-state index contributed by atoms with van der Waals surface area (Å²) in [5, 5.41) is 7.28. The van der Waals surface area contributed by atoms with Gasteiger partial charge in [-0.15, -0.1) is 0 Å². The summed E-state index contributed by atoms with van der Waals surface area (Å²) in [6, 6.07) is 9.46. The first-order valence-electron chi connectivity index (χ1n) is 10.3. The van der Waals surface area contributed by atoms with E-state index in [1.165, 1.54) is 5.56 Å². The first-order valence-corrected chi connectivity index (χ1v) is 10.3. The van der Waals surface area contributed by atoms with Crippen molar-refractivity contribution in [2.75, 3.05) is 16.8 Å². The average molecular weight is 422 g/mol. The van der Waals surface area contributed by atoms with E-state index in [0.717, 1.165) is 11.8 Å². The van der Waals surface area contributed by atoms with Crippen LogP contribution in [0.4, 0.5) is 11.8 Å². The standard InChI is InChI=1S/C22H26N6O3/c1-13(2)17-12-30-19(11-29)28(17)18-9-10-23-22(25-18)24-15(4)21-26-20(27-31-21)16-7-5-14(3)6-8-16/h5-11,13,15,17,19H,12H2,1-4H3,(H,23,24,25)/t15-,17+,19?/m0/s1. The van der Waals surface area contributed by atoms with E-state index in [1.807, 2.05) is 43.0 Å². The maximum absolute atomic E-state index is 11.5. The fourth-order valence-electron chi connectivity index (χ4n) is 3.51. The number of aryl methyl sites for hydroxylation is 1. The van der Waals surface area contributed by atoms with Gasteiger partial charge in [0.05, 0.1) is 12.6 Å². The van der Waals surface area contributed by atoms with E-state index in [2.05, 4.69) is 39.3 Å². The molecule has 3 aromatic rings. The van der Waals surface area contributed by atoms with E-state index in [-0.39, 0.29) is 12.1 Å². The van der Waals surface area contributed by atoms with Crippen LogP contribution in [0.1, 0.15) is 38.3 Å². The molecule has 0 spiro atoms. The van der Waals surface area contributed by atoms with E-state index in [1.54, 1.807) is 12.3 Å². The van der Waals surface area contributed by atoms with Crippen LogP contribution in [0.5, 0.6) is 0 Å². The van der Waals surface area contributed by atoms with Crippen LogP contribution in [-0.4, -0.2) is 45.3 Å². The molecule has 162 valence electrons. The van der Waals surface area contributed by atoms with Crippen LogP contribution < -0.4 is 10.2 Å². The summed E-state index contributed by atoms with van der Waals surface area (Å²) in [6.45, 7) is 8.59. The molecule has 0 amide bonds. The lowest BCUT2D eigenvalue weighted by Gasteiger charge is -2.29. The summed E-state index contributed by atoms with van der Waals surface area (Å²) in [4.78, 5) is 26.8. The first-order chi connectivity index (χ1) is 15.0. The molecule has 9 heteroatoms. The molecule has 1 aliphatic heterocycles. The molecule has 3 atom stereocenters. The predicted octanol–water partition coefficient (Wildman–Crippen LogP) is 3.39. The van der Waals surface area contributed by atoms with Gasteiger partial charge in [0, 0.05) is 11.8 Å². The summed E-state index contributed by atoms with van der Waals surface area (Å²) < 4.78 is 11.1. The molecule has 31 heavy (non-hydrogen) atoms. The van der Waals surface area contributed by atoms with Gasteiger partial charge in [0.2, 0.25) is 17.7 Å². The molecule has 2 aromatic heterocycles. The fourth-order valence-corrected chi connectivity index (χ4v) is 3.51. The van der Waals surface area contributed by atoms with Gasteiger partial charge in [-0.3, -0.25) is 4.79 Å². The van der Waals surface area contributed by atoms with Gasteiger partial charge in [0.25, 0.3) is 0 Å². The molecule has 1 aliphatic rings. The van der Waals surface area contributed by atoms with Crippen molar-refractivity contribution in [2.45, 2.75) is 46.0 Å². The quantitative estimate of drug-likeness (QED) is 0.573. The summed E-state index contributed by atoms with van der Waals surface area (Å²) in [6.07, 6.45) is 1.80. The molecule has 0 aliphatic carbocycles. The number of anilines is 2. The number of nitrogens with one attached hydrogen (secondary N) is 1. The Labute approximate surface area is 180 Å². The molecular formula is C22H26N6O3. The van der Waals surface area contributed by atoms with E-state index in [0.29, 0.717) is 36.0 Å². The molecule has 4 rings (SSSR count). The second-order valence-electron chi connectivity index (χ2n) is 8.01. The van der Waals surface area contributed by atoms with E-state index in [9.17, 15) is 4.79 Å². The van der Waals surface area contributed by atoms with Gasteiger partial charge < -0.3 is 19.5 Å². The first kappa shape index (κ1) is 20.9. The maximum Gasteiger partial charge on any atom is 0.249 e. The Morgan fingerprint density at radius 1 is 1.16 bits per heavy atom. The molecular weight excluding hydrogens is 396 g/mol. The number of rotatable bonds is 7. The zero-order valence-corrected chi connectivity index (χ0v) is 18.0. The lowest BCUT2D eigenvalue weighted by molar-refractivity contribution is -0.115. The Morgan fingerprint density at radius 2 is 1.94 bits per heavy atom. The number of hydrogen-bond acceptors (Lipinski definition) is 9. The van der Waals surface area contributed by atoms with Gasteiger partial charge >= 0.3 is 0 Å². The van der Waals surface area contributed by atoms with Crippen molar-refractivity contribution < 1.29 is 14.1 Å². The van der Waals surface area contributed by atoms with Crippen LogP contribution in [0.2, 0.25) is 0 Å². The summed E-state index contributed by atoms with van der Waals surface area (Å²) in [5.74, 6) is 2.29. The lowest BCUT2D eigenvalue weighted by atomic mass is 10.0. The number of aldehydes is 1. The second-order valence-corrected chi connectivity index (χ2v) is 8.01. The minimum atomic E-state index is -0.652. The third-order valence-electron chi connectivity index (χ3n) is 5.33. The monoisotopic (exact) mass is 422 g/mol. The molecule has 1 unspecified atom stereocenters. The van der Waals surface area contributed by atoms with Crippen molar-refractivity contribution in [2.24, 2.45) is 5.92 Å². The zero-order chi connectivity index (χ0) is 22.0. The topological polar surface area (TPSA) is 106 Å². The molecule has 9 nitrogen and oxygen atoms in total. The number of carbonyl (C=O) groups is 1. The highest BCUT2D eigenvalue weighted by atomic mass is 16.5. The Balaban J connectivity index is 1.51. The van der Waals surface area contributed by atoms with Crippen LogP contribution in [0.3, 0.4) is 0 Å². The third kappa shape index (κ3) is 4.41. The highest BCUT2D eigenvalue weighted by Crippen LogP contribution is 2.28. The van der Waals surface area contributed by atoms with Crippen molar-refractivity contribution >= 4 is 18.1 Å². The molecule has 1 fully saturated rings. The van der Waals surface area contributed by atoms with Gasteiger partial charge in [0.1, 0.15) is 11.9 Å². The number of ether oxygens (including phenoxy) is 1. The number of carbonyl (C=O) groups excluding carboxylic acids is 1. The zero-order valence-electron chi connectivity index (χ0n) is 18.0. The van der Waals surface area contributed by atoms with Gasteiger partial charge in [-0.25, -0.2) is 4.98 Å². The molecule has 3 heterocycles.